The average molecular weight is 291 g/mol. The zero-order chi connectivity index (χ0) is 15.1. The third-order valence-corrected chi connectivity index (χ3v) is 4.68. The van der Waals surface area contributed by atoms with Crippen molar-refractivity contribution in [2.45, 2.75) is 58.3 Å². The van der Waals surface area contributed by atoms with Crippen LogP contribution in [0.4, 0.5) is 4.39 Å². The number of rotatable bonds is 6. The summed E-state index contributed by atoms with van der Waals surface area (Å²) in [6.07, 6.45) is 8.12. The summed E-state index contributed by atoms with van der Waals surface area (Å²) in [5, 5.41) is 3.62. The highest BCUT2D eigenvalue weighted by molar-refractivity contribution is 5.22. The maximum Gasteiger partial charge on any atom is 0.123 e. The highest BCUT2D eigenvalue weighted by atomic mass is 19.1. The molecule has 1 aliphatic carbocycles. The fraction of sp³-hybridized carbons (Fsp3) is 0.684. The van der Waals surface area contributed by atoms with Crippen molar-refractivity contribution in [3.63, 3.8) is 0 Å². The minimum Gasteiger partial charge on any atom is -0.316 e. The lowest BCUT2D eigenvalue weighted by molar-refractivity contribution is 0.355. The molecular weight excluding hydrogens is 261 g/mol. The summed E-state index contributed by atoms with van der Waals surface area (Å²) in [5.74, 6) is 1.82. The molecule has 0 aromatic heterocycles. The summed E-state index contributed by atoms with van der Waals surface area (Å²) in [7, 11) is 0. The van der Waals surface area contributed by atoms with Crippen molar-refractivity contribution in [2.75, 3.05) is 13.1 Å². The van der Waals surface area contributed by atoms with Crippen LogP contribution in [0.5, 0.6) is 0 Å². The van der Waals surface area contributed by atoms with Gasteiger partial charge in [-0.1, -0.05) is 51.7 Å². The predicted molar refractivity (Wildman–Crippen MR) is 88.0 cm³/mol. The molecule has 21 heavy (non-hydrogen) atoms. The Morgan fingerprint density at radius 1 is 1.00 bits per heavy atom. The first-order chi connectivity index (χ1) is 10.2. The molecule has 1 N–H and O–H groups in total. The largest absolute Gasteiger partial charge is 0.316 e. The van der Waals surface area contributed by atoms with Crippen molar-refractivity contribution >= 4 is 0 Å². The van der Waals surface area contributed by atoms with Gasteiger partial charge in [0.1, 0.15) is 5.82 Å². The molecule has 2 rings (SSSR count). The van der Waals surface area contributed by atoms with Crippen LogP contribution in [-0.4, -0.2) is 13.1 Å². The quantitative estimate of drug-likeness (QED) is 0.717. The zero-order valence-corrected chi connectivity index (χ0v) is 13.6. The molecule has 1 aromatic rings. The maximum absolute atomic E-state index is 13.2. The molecule has 0 aliphatic heterocycles. The summed E-state index contributed by atoms with van der Waals surface area (Å²) in [5.41, 5.74) is 1.31. The zero-order valence-electron chi connectivity index (χ0n) is 13.6. The predicted octanol–water partition coefficient (Wildman–Crippen LogP) is 5.13. The smallest absolute Gasteiger partial charge is 0.123 e. The Hall–Kier alpha value is -0.890. The third kappa shape index (κ3) is 5.43. The molecule has 1 saturated carbocycles. The lowest BCUT2D eigenvalue weighted by Gasteiger charge is -2.27. The van der Waals surface area contributed by atoms with Gasteiger partial charge in [0.25, 0.3) is 0 Å². The van der Waals surface area contributed by atoms with Gasteiger partial charge in [-0.25, -0.2) is 4.39 Å². The summed E-state index contributed by atoms with van der Waals surface area (Å²) >= 11 is 0. The van der Waals surface area contributed by atoms with Gasteiger partial charge in [-0.05, 0) is 54.8 Å². The summed E-state index contributed by atoms with van der Waals surface area (Å²) in [4.78, 5) is 0. The van der Waals surface area contributed by atoms with Crippen LogP contribution in [0.2, 0.25) is 0 Å². The highest BCUT2D eigenvalue weighted by Gasteiger charge is 2.24. The fourth-order valence-corrected chi connectivity index (χ4v) is 3.51. The molecule has 2 heteroatoms. The van der Waals surface area contributed by atoms with Crippen molar-refractivity contribution < 1.29 is 4.39 Å². The van der Waals surface area contributed by atoms with Crippen molar-refractivity contribution in [2.24, 2.45) is 11.8 Å². The summed E-state index contributed by atoms with van der Waals surface area (Å²) < 4.78 is 13.2. The van der Waals surface area contributed by atoms with Crippen LogP contribution < -0.4 is 5.32 Å². The molecular formula is C19H30FN. The molecule has 118 valence electrons. The number of hydrogen-bond donors (Lipinski definition) is 1. The second-order valence-electron chi connectivity index (χ2n) is 6.96. The summed E-state index contributed by atoms with van der Waals surface area (Å²) in [6.45, 7) is 6.57. The Labute approximate surface area is 129 Å². The Morgan fingerprint density at radius 2 is 1.62 bits per heavy atom. The molecule has 0 heterocycles. The normalized spacial score (nSPS) is 18.7. The number of halogens is 1. The van der Waals surface area contributed by atoms with E-state index in [1.807, 2.05) is 12.1 Å². The molecule has 0 bridgehead atoms. The first-order valence-electron chi connectivity index (χ1n) is 8.63. The van der Waals surface area contributed by atoms with E-state index in [0.717, 1.165) is 19.0 Å². The molecule has 1 nitrogen and oxygen atoms in total. The van der Waals surface area contributed by atoms with E-state index in [1.165, 1.54) is 44.1 Å². The Bertz CT molecular complexity index is 391. The monoisotopic (exact) mass is 291 g/mol. The van der Waals surface area contributed by atoms with Crippen LogP contribution in [0.15, 0.2) is 24.3 Å². The standard InChI is InChI=1S/C19H30FN/c1-15(2)13-21-14-19(16-7-5-3-4-6-8-16)17-9-11-18(20)12-10-17/h9-12,15-16,19,21H,3-8,13-14H2,1-2H3. The molecule has 0 saturated heterocycles. The second kappa shape index (κ2) is 8.53. The lowest BCUT2D eigenvalue weighted by Crippen LogP contribution is -2.29. The van der Waals surface area contributed by atoms with E-state index in [0.29, 0.717) is 11.8 Å². The van der Waals surface area contributed by atoms with E-state index in [-0.39, 0.29) is 5.82 Å². The topological polar surface area (TPSA) is 12.0 Å². The van der Waals surface area contributed by atoms with Crippen LogP contribution >= 0.6 is 0 Å². The van der Waals surface area contributed by atoms with Gasteiger partial charge >= 0.3 is 0 Å². The molecule has 1 unspecified atom stereocenters. The lowest BCUT2D eigenvalue weighted by atomic mass is 9.81. The van der Waals surface area contributed by atoms with Crippen molar-refractivity contribution in [3.8, 4) is 0 Å². The molecule has 1 atom stereocenters. The van der Waals surface area contributed by atoms with Gasteiger partial charge in [-0.3, -0.25) is 0 Å². The maximum atomic E-state index is 13.2. The first-order valence-corrected chi connectivity index (χ1v) is 8.63. The van der Waals surface area contributed by atoms with Crippen LogP contribution in [-0.2, 0) is 0 Å². The van der Waals surface area contributed by atoms with Gasteiger partial charge in [0.15, 0.2) is 0 Å². The minimum atomic E-state index is -0.131. The minimum absolute atomic E-state index is 0.131. The van der Waals surface area contributed by atoms with E-state index in [9.17, 15) is 4.39 Å². The van der Waals surface area contributed by atoms with Crippen molar-refractivity contribution in [1.29, 1.82) is 0 Å². The van der Waals surface area contributed by atoms with Gasteiger partial charge in [0, 0.05) is 6.54 Å². The SMILES string of the molecule is CC(C)CNCC(c1ccc(F)cc1)C1CCCCCC1. The number of benzene rings is 1. The van der Waals surface area contributed by atoms with E-state index in [2.05, 4.69) is 19.2 Å². The van der Waals surface area contributed by atoms with E-state index >= 15 is 0 Å². The Kier molecular flexibility index (Phi) is 6.69. The molecule has 1 aliphatic rings. The second-order valence-corrected chi connectivity index (χ2v) is 6.96. The van der Waals surface area contributed by atoms with Crippen molar-refractivity contribution in [3.05, 3.63) is 35.6 Å². The van der Waals surface area contributed by atoms with Crippen LogP contribution in [0.3, 0.4) is 0 Å². The average Bonchev–Trinajstić information content (AvgIpc) is 2.73. The van der Waals surface area contributed by atoms with E-state index in [1.54, 1.807) is 12.1 Å². The van der Waals surface area contributed by atoms with E-state index in [4.69, 9.17) is 0 Å². The number of hydrogen-bond acceptors (Lipinski definition) is 1. The molecule has 1 aromatic carbocycles. The molecule has 0 radical (unpaired) electrons. The molecule has 1 fully saturated rings. The van der Waals surface area contributed by atoms with Gasteiger partial charge in [0.2, 0.25) is 0 Å². The van der Waals surface area contributed by atoms with Gasteiger partial charge in [-0.2, -0.15) is 0 Å². The first kappa shape index (κ1) is 16.5. The van der Waals surface area contributed by atoms with Gasteiger partial charge in [0.05, 0.1) is 0 Å². The van der Waals surface area contributed by atoms with Crippen LogP contribution in [0.1, 0.15) is 63.9 Å². The van der Waals surface area contributed by atoms with Crippen LogP contribution in [0.25, 0.3) is 0 Å². The Balaban J connectivity index is 2.06. The highest BCUT2D eigenvalue weighted by Crippen LogP contribution is 2.35. The van der Waals surface area contributed by atoms with Gasteiger partial charge < -0.3 is 5.32 Å². The fourth-order valence-electron chi connectivity index (χ4n) is 3.51. The van der Waals surface area contributed by atoms with E-state index < -0.39 is 0 Å². The molecule has 0 amide bonds. The van der Waals surface area contributed by atoms with Crippen LogP contribution in [0, 0.1) is 17.7 Å². The van der Waals surface area contributed by atoms with Crippen molar-refractivity contribution in [1.82, 2.24) is 5.32 Å². The van der Waals surface area contributed by atoms with Gasteiger partial charge in [-0.15, -0.1) is 0 Å². The Morgan fingerprint density at radius 3 is 2.19 bits per heavy atom. The number of nitrogens with one attached hydrogen (secondary N) is 1. The summed E-state index contributed by atoms with van der Waals surface area (Å²) in [6, 6.07) is 7.20. The third-order valence-electron chi connectivity index (χ3n) is 4.68. The molecule has 0 spiro atoms.